The monoisotopic (exact) mass is 314 g/mol. The molecule has 0 amide bonds. The topological polar surface area (TPSA) is 34.5 Å². The van der Waals surface area contributed by atoms with Crippen LogP contribution in [0.1, 0.15) is 42.1 Å². The number of esters is 1. The summed E-state index contributed by atoms with van der Waals surface area (Å²) in [5, 5.41) is 1.31. The largest absolute Gasteiger partial charge is 0.469 e. The van der Waals surface area contributed by atoms with Crippen molar-refractivity contribution in [3.63, 3.8) is 0 Å². The van der Waals surface area contributed by atoms with E-state index in [1.165, 1.54) is 40.4 Å². The minimum atomic E-state index is -0.137. The van der Waals surface area contributed by atoms with Gasteiger partial charge in [0, 0.05) is 42.7 Å². The van der Waals surface area contributed by atoms with Gasteiger partial charge in [-0.3, -0.25) is 9.69 Å². The van der Waals surface area contributed by atoms with Crippen LogP contribution >= 0.6 is 0 Å². The Morgan fingerprint density at radius 1 is 1.26 bits per heavy atom. The molecule has 0 saturated carbocycles. The molecule has 23 heavy (non-hydrogen) atoms. The minimum Gasteiger partial charge on any atom is -0.469 e. The maximum Gasteiger partial charge on any atom is 0.305 e. The van der Waals surface area contributed by atoms with Crippen molar-refractivity contribution in [2.24, 2.45) is 0 Å². The van der Waals surface area contributed by atoms with Crippen molar-refractivity contribution in [1.29, 1.82) is 0 Å². The molecule has 1 aromatic heterocycles. The first kappa shape index (κ1) is 16.1. The highest BCUT2D eigenvalue weighted by Crippen LogP contribution is 2.33. The summed E-state index contributed by atoms with van der Waals surface area (Å²) in [6, 6.07) is 4.71. The first-order chi connectivity index (χ1) is 11.0. The number of aromatic nitrogens is 1. The van der Waals surface area contributed by atoms with Gasteiger partial charge in [0.2, 0.25) is 0 Å². The van der Waals surface area contributed by atoms with Gasteiger partial charge in [0.1, 0.15) is 0 Å². The third-order valence-electron chi connectivity index (χ3n) is 4.91. The number of nitrogens with zero attached hydrogens (tertiary/aromatic N) is 2. The second-order valence-electron chi connectivity index (χ2n) is 6.60. The summed E-state index contributed by atoms with van der Waals surface area (Å²) in [5.74, 6) is -0.137. The summed E-state index contributed by atoms with van der Waals surface area (Å²) in [7, 11) is 3.62. The summed E-state index contributed by atoms with van der Waals surface area (Å²) < 4.78 is 7.23. The molecule has 0 fully saturated rings. The number of hydrogen-bond acceptors (Lipinski definition) is 3. The predicted molar refractivity (Wildman–Crippen MR) is 92.5 cm³/mol. The molecular weight excluding hydrogens is 288 g/mol. The highest BCUT2D eigenvalue weighted by atomic mass is 16.5. The van der Waals surface area contributed by atoms with Crippen LogP contribution in [0.15, 0.2) is 12.1 Å². The van der Waals surface area contributed by atoms with E-state index in [0.717, 1.165) is 32.5 Å². The predicted octanol–water partition coefficient (Wildman–Crippen LogP) is 3.41. The maximum absolute atomic E-state index is 11.6. The standard InChI is InChI=1S/C19H26N2O2/c1-5-8-21-13(2)16(6-7-19(22)23-4)17-9-14-11-20(3)12-15(14)10-18(17)21/h9-10H,5-8,11-12H2,1-4H3. The third kappa shape index (κ3) is 2.88. The zero-order valence-corrected chi connectivity index (χ0v) is 14.6. The number of fused-ring (bicyclic) bond motifs is 2. The Labute approximate surface area is 138 Å². The summed E-state index contributed by atoms with van der Waals surface area (Å²) >= 11 is 0. The molecule has 0 unspecified atom stereocenters. The lowest BCUT2D eigenvalue weighted by atomic mass is 10.0. The van der Waals surface area contributed by atoms with E-state index in [9.17, 15) is 4.79 Å². The van der Waals surface area contributed by atoms with E-state index in [4.69, 9.17) is 4.74 Å². The van der Waals surface area contributed by atoms with Crippen LogP contribution in [-0.4, -0.2) is 29.6 Å². The van der Waals surface area contributed by atoms with E-state index in [0.29, 0.717) is 6.42 Å². The molecule has 0 radical (unpaired) electrons. The Hall–Kier alpha value is -1.81. The molecule has 124 valence electrons. The number of rotatable bonds is 5. The number of carbonyl (C=O) groups excluding carboxylic acids is 1. The van der Waals surface area contributed by atoms with Crippen LogP contribution in [0.4, 0.5) is 0 Å². The van der Waals surface area contributed by atoms with Gasteiger partial charge in [-0.1, -0.05) is 6.92 Å². The molecule has 1 aliphatic heterocycles. The molecule has 0 saturated heterocycles. The second kappa shape index (κ2) is 6.36. The minimum absolute atomic E-state index is 0.137. The highest BCUT2D eigenvalue weighted by molar-refractivity contribution is 5.88. The van der Waals surface area contributed by atoms with Crippen molar-refractivity contribution < 1.29 is 9.53 Å². The first-order valence-electron chi connectivity index (χ1n) is 8.44. The molecule has 0 N–H and O–H groups in total. The number of hydrogen-bond donors (Lipinski definition) is 0. The molecule has 0 atom stereocenters. The summed E-state index contributed by atoms with van der Waals surface area (Å²) in [4.78, 5) is 13.9. The van der Waals surface area contributed by atoms with Gasteiger partial charge in [0.15, 0.2) is 0 Å². The van der Waals surface area contributed by atoms with Gasteiger partial charge in [0.05, 0.1) is 7.11 Å². The van der Waals surface area contributed by atoms with Crippen molar-refractivity contribution in [2.45, 2.75) is 52.7 Å². The van der Waals surface area contributed by atoms with Crippen LogP contribution in [0, 0.1) is 6.92 Å². The fourth-order valence-electron chi connectivity index (χ4n) is 3.77. The van der Waals surface area contributed by atoms with Crippen molar-refractivity contribution in [1.82, 2.24) is 9.47 Å². The Bertz CT molecular complexity index is 746. The van der Waals surface area contributed by atoms with E-state index in [-0.39, 0.29) is 5.97 Å². The lowest BCUT2D eigenvalue weighted by Crippen LogP contribution is -2.07. The fourth-order valence-corrected chi connectivity index (χ4v) is 3.77. The van der Waals surface area contributed by atoms with Crippen molar-refractivity contribution >= 4 is 16.9 Å². The van der Waals surface area contributed by atoms with Gasteiger partial charge in [-0.25, -0.2) is 0 Å². The Morgan fingerprint density at radius 3 is 2.61 bits per heavy atom. The van der Waals surface area contributed by atoms with E-state index >= 15 is 0 Å². The molecule has 0 aliphatic carbocycles. The normalized spacial score (nSPS) is 14.4. The van der Waals surface area contributed by atoms with Crippen molar-refractivity contribution in [3.05, 3.63) is 34.5 Å². The average Bonchev–Trinajstić information content (AvgIpc) is 3.01. The Balaban J connectivity index is 2.09. The smallest absolute Gasteiger partial charge is 0.305 e. The quantitative estimate of drug-likeness (QED) is 0.793. The number of aryl methyl sites for hydroxylation is 2. The number of methoxy groups -OCH3 is 1. The summed E-state index contributed by atoms with van der Waals surface area (Å²) in [6.45, 7) is 7.45. The maximum atomic E-state index is 11.6. The van der Waals surface area contributed by atoms with Crippen molar-refractivity contribution in [2.75, 3.05) is 14.2 Å². The van der Waals surface area contributed by atoms with Gasteiger partial charge >= 0.3 is 5.97 Å². The number of carbonyl (C=O) groups is 1. The van der Waals surface area contributed by atoms with E-state index < -0.39 is 0 Å². The van der Waals surface area contributed by atoms with Gasteiger partial charge in [-0.2, -0.15) is 0 Å². The van der Waals surface area contributed by atoms with E-state index in [2.05, 4.69) is 42.5 Å². The van der Waals surface area contributed by atoms with Gasteiger partial charge in [0.25, 0.3) is 0 Å². The van der Waals surface area contributed by atoms with E-state index in [1.807, 2.05) is 0 Å². The zero-order chi connectivity index (χ0) is 16.6. The van der Waals surface area contributed by atoms with Gasteiger partial charge in [-0.15, -0.1) is 0 Å². The summed E-state index contributed by atoms with van der Waals surface area (Å²) in [6.07, 6.45) is 2.30. The number of ether oxygens (including phenoxy) is 1. The fraction of sp³-hybridized carbons (Fsp3) is 0.526. The third-order valence-corrected chi connectivity index (χ3v) is 4.91. The Kier molecular flexibility index (Phi) is 4.44. The average molecular weight is 314 g/mol. The SMILES string of the molecule is CCCn1c(C)c(CCC(=O)OC)c2cc3c(cc21)CN(C)C3. The molecule has 3 rings (SSSR count). The van der Waals surface area contributed by atoms with Gasteiger partial charge in [-0.05, 0) is 55.6 Å². The number of benzene rings is 1. The molecular formula is C19H26N2O2. The van der Waals surface area contributed by atoms with Gasteiger partial charge < -0.3 is 9.30 Å². The lowest BCUT2D eigenvalue weighted by molar-refractivity contribution is -0.140. The molecule has 0 bridgehead atoms. The molecule has 1 aliphatic rings. The molecule has 1 aromatic carbocycles. The van der Waals surface area contributed by atoms with Crippen LogP contribution < -0.4 is 0 Å². The molecule has 4 heteroatoms. The van der Waals surface area contributed by atoms with Crippen LogP contribution in [0.25, 0.3) is 10.9 Å². The molecule has 4 nitrogen and oxygen atoms in total. The van der Waals surface area contributed by atoms with E-state index in [1.54, 1.807) is 0 Å². The lowest BCUT2D eigenvalue weighted by Gasteiger charge is -2.07. The molecule has 2 heterocycles. The van der Waals surface area contributed by atoms with Crippen LogP contribution in [0.2, 0.25) is 0 Å². The first-order valence-corrected chi connectivity index (χ1v) is 8.44. The second-order valence-corrected chi connectivity index (χ2v) is 6.60. The summed E-state index contributed by atoms with van der Waals surface area (Å²) in [5.41, 5.74) is 6.78. The van der Waals surface area contributed by atoms with Crippen molar-refractivity contribution in [3.8, 4) is 0 Å². The molecule has 0 spiro atoms. The molecule has 2 aromatic rings. The van der Waals surface area contributed by atoms with Crippen LogP contribution in [-0.2, 0) is 35.6 Å². The highest BCUT2D eigenvalue weighted by Gasteiger charge is 2.21. The Morgan fingerprint density at radius 2 is 1.96 bits per heavy atom. The zero-order valence-electron chi connectivity index (χ0n) is 14.6. The van der Waals surface area contributed by atoms with Crippen LogP contribution in [0.5, 0.6) is 0 Å². The van der Waals surface area contributed by atoms with Crippen LogP contribution in [0.3, 0.4) is 0 Å².